The van der Waals surface area contributed by atoms with Crippen molar-refractivity contribution in [1.29, 1.82) is 0 Å². The molecule has 0 radical (unpaired) electrons. The minimum atomic E-state index is -0.129. The first-order chi connectivity index (χ1) is 13.7. The second kappa shape index (κ2) is 7.97. The highest BCUT2D eigenvalue weighted by molar-refractivity contribution is 6.12. The first-order valence-corrected chi connectivity index (χ1v) is 10.0. The van der Waals surface area contributed by atoms with E-state index in [0.29, 0.717) is 36.0 Å². The minimum absolute atomic E-state index is 0.129. The molecule has 2 N–H and O–H groups in total. The van der Waals surface area contributed by atoms with Gasteiger partial charge in [-0.15, -0.1) is 0 Å². The van der Waals surface area contributed by atoms with Crippen LogP contribution in [0.25, 0.3) is 10.9 Å². The molecule has 1 heterocycles. The summed E-state index contributed by atoms with van der Waals surface area (Å²) in [5, 5.41) is 4.17. The molecule has 0 fully saturated rings. The molecule has 146 valence electrons. The fourth-order valence-electron chi connectivity index (χ4n) is 3.95. The van der Waals surface area contributed by atoms with Crippen LogP contribution in [0.2, 0.25) is 0 Å². The molecule has 1 aliphatic rings. The lowest BCUT2D eigenvalue weighted by molar-refractivity contribution is 0.102. The van der Waals surface area contributed by atoms with Gasteiger partial charge >= 0.3 is 0 Å². The zero-order valence-corrected chi connectivity index (χ0v) is 16.4. The van der Waals surface area contributed by atoms with Crippen LogP contribution in [-0.4, -0.2) is 24.1 Å². The van der Waals surface area contributed by atoms with Crippen molar-refractivity contribution in [3.05, 3.63) is 53.2 Å². The summed E-state index contributed by atoms with van der Waals surface area (Å²) in [5.74, 6) is 1.19. The van der Waals surface area contributed by atoms with Gasteiger partial charge in [-0.25, -0.2) is 0 Å². The maximum absolute atomic E-state index is 13.0. The fourth-order valence-corrected chi connectivity index (χ4v) is 3.95. The van der Waals surface area contributed by atoms with E-state index in [-0.39, 0.29) is 5.91 Å². The smallest absolute Gasteiger partial charge is 0.257 e. The zero-order chi connectivity index (χ0) is 19.5. The second-order valence-electron chi connectivity index (χ2n) is 7.00. The molecule has 1 aliphatic carbocycles. The quantitative estimate of drug-likeness (QED) is 0.627. The number of nitrogens with one attached hydrogen (secondary N) is 2. The van der Waals surface area contributed by atoms with Crippen LogP contribution in [0, 0.1) is 0 Å². The molecule has 5 nitrogen and oxygen atoms in total. The molecular weight excluding hydrogens is 352 g/mol. The molecule has 1 aromatic heterocycles. The monoisotopic (exact) mass is 378 g/mol. The Morgan fingerprint density at radius 3 is 2.64 bits per heavy atom. The van der Waals surface area contributed by atoms with Crippen LogP contribution in [0.5, 0.6) is 11.5 Å². The number of para-hydroxylation sites is 1. The first-order valence-electron chi connectivity index (χ1n) is 10.0. The van der Waals surface area contributed by atoms with Gasteiger partial charge in [0.1, 0.15) is 0 Å². The van der Waals surface area contributed by atoms with Gasteiger partial charge in [0.05, 0.1) is 24.3 Å². The van der Waals surface area contributed by atoms with Gasteiger partial charge in [-0.1, -0.05) is 12.1 Å². The minimum Gasteiger partial charge on any atom is -0.490 e. The van der Waals surface area contributed by atoms with Crippen LogP contribution in [0.3, 0.4) is 0 Å². The molecule has 4 rings (SSSR count). The largest absolute Gasteiger partial charge is 0.490 e. The number of anilines is 1. The predicted octanol–water partition coefficient (Wildman–Crippen LogP) is 5.10. The van der Waals surface area contributed by atoms with Crippen molar-refractivity contribution in [2.24, 2.45) is 0 Å². The third-order valence-corrected chi connectivity index (χ3v) is 5.18. The Morgan fingerprint density at radius 1 is 1.04 bits per heavy atom. The van der Waals surface area contributed by atoms with Crippen molar-refractivity contribution in [2.75, 3.05) is 18.5 Å². The van der Waals surface area contributed by atoms with Gasteiger partial charge < -0.3 is 19.8 Å². The maximum Gasteiger partial charge on any atom is 0.257 e. The molecule has 2 aromatic carbocycles. The van der Waals surface area contributed by atoms with Gasteiger partial charge in [0.25, 0.3) is 5.91 Å². The molecule has 3 aromatic rings. The number of benzene rings is 2. The number of hydrogen-bond donors (Lipinski definition) is 2. The average molecular weight is 378 g/mol. The van der Waals surface area contributed by atoms with E-state index in [1.807, 2.05) is 44.2 Å². The number of H-pyrrole nitrogens is 1. The summed E-state index contributed by atoms with van der Waals surface area (Å²) < 4.78 is 11.3. The summed E-state index contributed by atoms with van der Waals surface area (Å²) in [6.45, 7) is 4.95. The highest BCUT2D eigenvalue weighted by Gasteiger charge is 2.19. The highest BCUT2D eigenvalue weighted by Crippen LogP contribution is 2.33. The van der Waals surface area contributed by atoms with E-state index < -0.39 is 0 Å². The normalized spacial score (nSPS) is 13.2. The molecule has 28 heavy (non-hydrogen) atoms. The number of amides is 1. The van der Waals surface area contributed by atoms with Crippen LogP contribution in [0.1, 0.15) is 48.3 Å². The van der Waals surface area contributed by atoms with Gasteiger partial charge in [-0.2, -0.15) is 0 Å². The Kier molecular flexibility index (Phi) is 5.24. The maximum atomic E-state index is 13.0. The molecule has 0 atom stereocenters. The van der Waals surface area contributed by atoms with Crippen molar-refractivity contribution >= 4 is 22.5 Å². The van der Waals surface area contributed by atoms with E-state index >= 15 is 0 Å². The Bertz CT molecular complexity index is 1010. The number of fused-ring (bicyclic) bond motifs is 3. The molecule has 0 spiro atoms. The Balaban J connectivity index is 1.64. The number of ether oxygens (including phenoxy) is 2. The molecular formula is C23H26N2O3. The van der Waals surface area contributed by atoms with Crippen LogP contribution in [-0.2, 0) is 12.8 Å². The van der Waals surface area contributed by atoms with E-state index in [1.165, 1.54) is 29.5 Å². The zero-order valence-electron chi connectivity index (χ0n) is 16.4. The third kappa shape index (κ3) is 3.44. The Labute approximate surface area is 165 Å². The first kappa shape index (κ1) is 18.4. The molecule has 0 aliphatic heterocycles. The summed E-state index contributed by atoms with van der Waals surface area (Å²) in [4.78, 5) is 16.5. The van der Waals surface area contributed by atoms with Crippen molar-refractivity contribution < 1.29 is 14.3 Å². The molecule has 0 unspecified atom stereocenters. The number of carbonyl (C=O) groups excluding carboxylic acids is 1. The summed E-state index contributed by atoms with van der Waals surface area (Å²) in [6.07, 6.45) is 4.55. The standard InChI is InChI=1S/C23H26N2O3/c1-3-27-20-13-12-15(14-21(20)28-4-2)24-23(26)18-10-7-9-17-16-8-5-6-11-19(16)25-22(17)18/h7,9-10,12-14,25H,3-6,8,11H2,1-2H3,(H,24,26). The van der Waals surface area contributed by atoms with E-state index in [0.717, 1.165) is 18.4 Å². The number of aryl methyl sites for hydroxylation is 2. The van der Waals surface area contributed by atoms with Gasteiger partial charge in [0.2, 0.25) is 0 Å². The molecule has 0 bridgehead atoms. The van der Waals surface area contributed by atoms with E-state index in [1.54, 1.807) is 0 Å². The van der Waals surface area contributed by atoms with E-state index in [2.05, 4.69) is 16.4 Å². The fraction of sp³-hybridized carbons (Fsp3) is 0.348. The predicted molar refractivity (Wildman–Crippen MR) is 112 cm³/mol. The van der Waals surface area contributed by atoms with Gasteiger partial charge in [-0.05, 0) is 63.3 Å². The lowest BCUT2D eigenvalue weighted by Gasteiger charge is -2.13. The second-order valence-corrected chi connectivity index (χ2v) is 7.00. The molecule has 5 heteroatoms. The van der Waals surface area contributed by atoms with Crippen molar-refractivity contribution in [3.8, 4) is 11.5 Å². The number of rotatable bonds is 6. The van der Waals surface area contributed by atoms with Crippen molar-refractivity contribution in [3.63, 3.8) is 0 Å². The number of aromatic amines is 1. The van der Waals surface area contributed by atoms with Crippen molar-refractivity contribution in [2.45, 2.75) is 39.5 Å². The van der Waals surface area contributed by atoms with Crippen LogP contribution < -0.4 is 14.8 Å². The molecule has 0 saturated heterocycles. The van der Waals surface area contributed by atoms with Crippen LogP contribution in [0.4, 0.5) is 5.69 Å². The SMILES string of the molecule is CCOc1ccc(NC(=O)c2cccc3c4c([nH]c23)CCCC4)cc1OCC. The average Bonchev–Trinajstić information content (AvgIpc) is 3.09. The number of hydrogen-bond acceptors (Lipinski definition) is 3. The van der Waals surface area contributed by atoms with Gasteiger partial charge in [0.15, 0.2) is 11.5 Å². The number of aromatic nitrogens is 1. The number of carbonyl (C=O) groups is 1. The highest BCUT2D eigenvalue weighted by atomic mass is 16.5. The van der Waals surface area contributed by atoms with Crippen LogP contribution in [0.15, 0.2) is 36.4 Å². The summed E-state index contributed by atoms with van der Waals surface area (Å²) in [5.41, 5.74) is 4.93. The van der Waals surface area contributed by atoms with Gasteiger partial charge in [-0.3, -0.25) is 4.79 Å². The molecule has 1 amide bonds. The summed E-state index contributed by atoms with van der Waals surface area (Å²) in [7, 11) is 0. The summed E-state index contributed by atoms with van der Waals surface area (Å²) in [6, 6.07) is 11.4. The Hall–Kier alpha value is -2.95. The lowest BCUT2D eigenvalue weighted by Crippen LogP contribution is -2.12. The van der Waals surface area contributed by atoms with Gasteiger partial charge in [0, 0.05) is 22.8 Å². The third-order valence-electron chi connectivity index (χ3n) is 5.18. The molecule has 0 saturated carbocycles. The lowest BCUT2D eigenvalue weighted by atomic mass is 9.95. The Morgan fingerprint density at radius 2 is 1.82 bits per heavy atom. The van der Waals surface area contributed by atoms with E-state index in [4.69, 9.17) is 9.47 Å². The van der Waals surface area contributed by atoms with E-state index in [9.17, 15) is 4.79 Å². The van der Waals surface area contributed by atoms with Crippen LogP contribution >= 0.6 is 0 Å². The topological polar surface area (TPSA) is 63.3 Å². The summed E-state index contributed by atoms with van der Waals surface area (Å²) >= 11 is 0. The van der Waals surface area contributed by atoms with Crippen molar-refractivity contribution in [1.82, 2.24) is 4.98 Å².